The number of hydrogen-bond acceptors (Lipinski definition) is 7. The van der Waals surface area contributed by atoms with Gasteiger partial charge in [-0.1, -0.05) is 20.8 Å². The first-order chi connectivity index (χ1) is 18.7. The molecule has 4 fully saturated rings. The van der Waals surface area contributed by atoms with Gasteiger partial charge in [0.2, 0.25) is 0 Å². The second-order valence-corrected chi connectivity index (χ2v) is 14.4. The lowest BCUT2D eigenvalue weighted by molar-refractivity contribution is -0.259. The van der Waals surface area contributed by atoms with Crippen molar-refractivity contribution in [1.29, 1.82) is 0 Å². The lowest BCUT2D eigenvalue weighted by Gasteiger charge is -2.58. The van der Waals surface area contributed by atoms with E-state index in [9.17, 15) is 49.5 Å². The van der Waals surface area contributed by atoms with Crippen LogP contribution in [0.1, 0.15) is 78.6 Å². The Hall–Kier alpha value is -1.96. The molecule has 0 amide bonds. The molecule has 8 nitrogen and oxygen atoms in total. The number of esters is 1. The third-order valence-electron chi connectivity index (χ3n) is 10.9. The highest BCUT2D eigenvalue weighted by atomic mass is 32.2. The number of halogens is 5. The predicted octanol–water partition coefficient (Wildman–Crippen LogP) is 4.94. The number of Topliss-reactive ketones (excluding diaryl/α,β-unsaturated/α-hetero) is 3. The van der Waals surface area contributed by atoms with Crippen molar-refractivity contribution >= 4 is 33.4 Å². The first-order valence-electron chi connectivity index (χ1n) is 13.8. The number of ether oxygens (including phenoxy) is 1. The van der Waals surface area contributed by atoms with E-state index in [1.165, 1.54) is 0 Å². The van der Waals surface area contributed by atoms with Gasteiger partial charge in [0.25, 0.3) is 6.10 Å². The fourth-order valence-corrected chi connectivity index (χ4v) is 9.04. The van der Waals surface area contributed by atoms with Crippen LogP contribution in [0.5, 0.6) is 0 Å². The maximum Gasteiger partial charge on any atom is 0.432 e. The summed E-state index contributed by atoms with van der Waals surface area (Å²) in [7, 11) is -6.54. The van der Waals surface area contributed by atoms with Crippen LogP contribution in [0.15, 0.2) is 0 Å². The molecule has 9 atom stereocenters. The average molecular weight is 615 g/mol. The second kappa shape index (κ2) is 10.3. The largest absolute Gasteiger partial charge is 0.445 e. The zero-order chi connectivity index (χ0) is 30.9. The normalized spacial score (nSPS) is 37.6. The van der Waals surface area contributed by atoms with Crippen LogP contribution in [0.4, 0.5) is 22.0 Å². The minimum Gasteiger partial charge on any atom is -0.445 e. The molecule has 0 bridgehead atoms. The van der Waals surface area contributed by atoms with Crippen molar-refractivity contribution in [2.45, 2.75) is 96.1 Å². The monoisotopic (exact) mass is 614 g/mol. The summed E-state index contributed by atoms with van der Waals surface area (Å²) in [5.41, 5.74) is -1.24. The Labute approximate surface area is 234 Å². The number of ketones is 3. The van der Waals surface area contributed by atoms with Crippen molar-refractivity contribution in [2.75, 3.05) is 0 Å². The van der Waals surface area contributed by atoms with Gasteiger partial charge in [-0.05, 0) is 60.7 Å². The van der Waals surface area contributed by atoms with E-state index in [4.69, 9.17) is 4.55 Å². The van der Waals surface area contributed by atoms with Gasteiger partial charge < -0.3 is 4.74 Å². The van der Waals surface area contributed by atoms with Gasteiger partial charge >= 0.3 is 27.5 Å². The minimum absolute atomic E-state index is 0.0304. The molecule has 4 aliphatic rings. The highest BCUT2D eigenvalue weighted by molar-refractivity contribution is 7.86. The second-order valence-electron chi connectivity index (χ2n) is 12.9. The molecule has 0 aromatic rings. The molecule has 0 aromatic heterocycles. The molecule has 0 heterocycles. The summed E-state index contributed by atoms with van der Waals surface area (Å²) in [6.07, 6.45) is -8.36. The quantitative estimate of drug-likeness (QED) is 0.242. The molecular formula is C27H35F5O8S. The van der Waals surface area contributed by atoms with Crippen LogP contribution in [-0.2, 0) is 34.0 Å². The molecule has 4 saturated carbocycles. The van der Waals surface area contributed by atoms with E-state index in [1.54, 1.807) is 13.8 Å². The van der Waals surface area contributed by atoms with Crippen LogP contribution in [-0.4, -0.2) is 53.8 Å². The lowest BCUT2D eigenvalue weighted by Crippen LogP contribution is -2.60. The Morgan fingerprint density at radius 1 is 1.05 bits per heavy atom. The summed E-state index contributed by atoms with van der Waals surface area (Å²) in [6, 6.07) is 0. The van der Waals surface area contributed by atoms with Crippen molar-refractivity contribution in [2.24, 2.45) is 46.3 Å². The molecule has 9 unspecified atom stereocenters. The molecular weight excluding hydrogens is 579 g/mol. The van der Waals surface area contributed by atoms with Gasteiger partial charge in [-0.15, -0.1) is 0 Å². The fourth-order valence-electron chi connectivity index (χ4n) is 8.59. The Morgan fingerprint density at radius 3 is 2.27 bits per heavy atom. The summed E-state index contributed by atoms with van der Waals surface area (Å²) in [4.78, 5) is 51.5. The first kappa shape index (κ1) is 32.0. The van der Waals surface area contributed by atoms with Crippen molar-refractivity contribution < 1.29 is 58.8 Å². The number of carbonyl (C=O) groups excluding carboxylic acids is 4. The van der Waals surface area contributed by atoms with Crippen LogP contribution in [0.2, 0.25) is 0 Å². The molecule has 0 radical (unpaired) electrons. The highest BCUT2D eigenvalue weighted by Gasteiger charge is 2.67. The summed E-state index contributed by atoms with van der Waals surface area (Å²) >= 11 is 0. The topological polar surface area (TPSA) is 132 Å². The first-order valence-corrected chi connectivity index (χ1v) is 15.3. The van der Waals surface area contributed by atoms with E-state index in [1.807, 2.05) is 0 Å². The molecule has 4 aliphatic carbocycles. The van der Waals surface area contributed by atoms with Crippen molar-refractivity contribution in [3.63, 3.8) is 0 Å². The van der Waals surface area contributed by atoms with Crippen LogP contribution in [0.25, 0.3) is 0 Å². The van der Waals surface area contributed by atoms with E-state index in [-0.39, 0.29) is 71.6 Å². The molecule has 232 valence electrons. The number of alkyl halides is 5. The summed E-state index contributed by atoms with van der Waals surface area (Å²) in [5.74, 6) is -3.26. The summed E-state index contributed by atoms with van der Waals surface area (Å²) in [5, 5.41) is -5.81. The molecule has 1 N–H and O–H groups in total. The molecule has 0 aromatic carbocycles. The number of fused-ring (bicyclic) bond motifs is 5. The molecule has 0 spiro atoms. The van der Waals surface area contributed by atoms with E-state index in [0.717, 1.165) is 0 Å². The van der Waals surface area contributed by atoms with Gasteiger partial charge in [0.05, 0.1) is 0 Å². The van der Waals surface area contributed by atoms with Gasteiger partial charge in [0.15, 0.2) is 0 Å². The third kappa shape index (κ3) is 5.25. The van der Waals surface area contributed by atoms with E-state index in [2.05, 4.69) is 11.7 Å². The van der Waals surface area contributed by atoms with E-state index >= 15 is 0 Å². The fraction of sp³-hybridized carbons (Fsp3) is 0.852. The Balaban J connectivity index is 1.47. The van der Waals surface area contributed by atoms with Gasteiger partial charge in [0.1, 0.15) is 17.3 Å². The van der Waals surface area contributed by atoms with E-state index < -0.39 is 51.4 Å². The number of hydrogen-bond donors (Lipinski definition) is 1. The Kier molecular flexibility index (Phi) is 8.06. The van der Waals surface area contributed by atoms with Crippen LogP contribution in [0, 0.1) is 46.3 Å². The van der Waals surface area contributed by atoms with Crippen LogP contribution >= 0.6 is 0 Å². The standard InChI is InChI=1S/C27H35F5O8S/c1-13(4-7-21(36)40-23(26(28,29)30)27(31,32)41(37,38)39)16-5-6-17-22-18(12-20(35)25(16,17)3)24(2)9-8-15(33)10-14(24)11-19(22)34/h13-14,16-18,22-23H,4-12H2,1-3H3,(H,37,38,39). The predicted molar refractivity (Wildman–Crippen MR) is 132 cm³/mol. The zero-order valence-corrected chi connectivity index (χ0v) is 23.8. The number of rotatable bonds is 7. The Bertz CT molecular complexity index is 1230. The molecule has 14 heteroatoms. The third-order valence-corrected chi connectivity index (χ3v) is 11.8. The molecule has 41 heavy (non-hydrogen) atoms. The maximum atomic E-state index is 13.8. The Morgan fingerprint density at radius 2 is 1.68 bits per heavy atom. The van der Waals surface area contributed by atoms with Crippen LogP contribution < -0.4 is 0 Å². The van der Waals surface area contributed by atoms with Crippen molar-refractivity contribution in [3.05, 3.63) is 0 Å². The summed E-state index contributed by atoms with van der Waals surface area (Å²) in [6.45, 7) is 5.55. The van der Waals surface area contributed by atoms with Gasteiger partial charge in [-0.2, -0.15) is 30.4 Å². The van der Waals surface area contributed by atoms with Gasteiger partial charge in [-0.25, -0.2) is 0 Å². The smallest absolute Gasteiger partial charge is 0.432 e. The van der Waals surface area contributed by atoms with E-state index in [0.29, 0.717) is 32.1 Å². The lowest BCUT2D eigenvalue weighted by atomic mass is 9.44. The molecule has 4 rings (SSSR count). The SMILES string of the molecule is CC(CCC(=O)OC(C(F)(F)F)C(F)(F)S(=O)(=O)O)C1CCC2C3C(=O)CC4CC(=O)CCC4(C)C3CC(=O)C12C. The minimum atomic E-state index is -6.54. The molecule has 0 saturated heterocycles. The summed E-state index contributed by atoms with van der Waals surface area (Å²) < 4.78 is 101. The average Bonchev–Trinajstić information content (AvgIpc) is 3.19. The highest BCUT2D eigenvalue weighted by Crippen LogP contribution is 2.66. The zero-order valence-electron chi connectivity index (χ0n) is 23.0. The molecule has 0 aliphatic heterocycles. The van der Waals surface area contributed by atoms with Gasteiger partial charge in [0, 0.05) is 43.4 Å². The van der Waals surface area contributed by atoms with Crippen molar-refractivity contribution in [3.8, 4) is 0 Å². The van der Waals surface area contributed by atoms with Crippen molar-refractivity contribution in [1.82, 2.24) is 0 Å². The van der Waals surface area contributed by atoms with Gasteiger partial charge in [-0.3, -0.25) is 23.7 Å². The maximum absolute atomic E-state index is 13.8. The number of carbonyl (C=O) groups is 4. The van der Waals surface area contributed by atoms with Crippen LogP contribution in [0.3, 0.4) is 0 Å².